The van der Waals surface area contributed by atoms with Gasteiger partial charge in [-0.3, -0.25) is 9.10 Å². The lowest BCUT2D eigenvalue weighted by molar-refractivity contribution is -0.119. The molecule has 1 aliphatic rings. The number of benzene rings is 2. The van der Waals surface area contributed by atoms with Gasteiger partial charge in [-0.2, -0.15) is 0 Å². The fraction of sp³-hybridized carbons (Fsp3) is 0.409. The lowest BCUT2D eigenvalue weighted by Gasteiger charge is -2.24. The Hall–Kier alpha value is -2.38. The zero-order chi connectivity index (χ0) is 20.7. The molecule has 0 aliphatic carbocycles. The van der Waals surface area contributed by atoms with Crippen LogP contribution in [0.4, 0.5) is 5.69 Å². The molecule has 0 unspecified atom stereocenters. The molecule has 1 fully saturated rings. The van der Waals surface area contributed by atoms with Crippen LogP contribution < -0.4 is 9.62 Å². The third-order valence-corrected chi connectivity index (χ3v) is 6.90. The van der Waals surface area contributed by atoms with Gasteiger partial charge in [0.2, 0.25) is 5.91 Å². The zero-order valence-corrected chi connectivity index (χ0v) is 17.7. The minimum atomic E-state index is -3.84. The van der Waals surface area contributed by atoms with E-state index in [0.29, 0.717) is 12.2 Å². The molecule has 1 aliphatic heterocycles. The molecule has 0 aromatic heterocycles. The van der Waals surface area contributed by atoms with Crippen molar-refractivity contribution in [1.82, 2.24) is 10.2 Å². The van der Waals surface area contributed by atoms with E-state index in [-0.39, 0.29) is 17.3 Å². The van der Waals surface area contributed by atoms with E-state index in [1.165, 1.54) is 17.1 Å². The van der Waals surface area contributed by atoms with Crippen molar-refractivity contribution in [1.29, 1.82) is 0 Å². The van der Waals surface area contributed by atoms with Crippen molar-refractivity contribution in [2.75, 3.05) is 37.0 Å². The first kappa shape index (κ1) is 21.3. The van der Waals surface area contributed by atoms with E-state index < -0.39 is 10.0 Å². The monoisotopic (exact) mass is 415 g/mol. The number of amides is 1. The van der Waals surface area contributed by atoms with E-state index in [1.807, 2.05) is 19.1 Å². The molecule has 1 heterocycles. The first-order chi connectivity index (χ1) is 14.0. The van der Waals surface area contributed by atoms with Crippen LogP contribution in [0.15, 0.2) is 59.5 Å². The number of carbonyl (C=O) groups is 1. The van der Waals surface area contributed by atoms with Crippen molar-refractivity contribution in [3.05, 3.63) is 60.2 Å². The van der Waals surface area contributed by atoms with Crippen molar-refractivity contribution in [2.24, 2.45) is 0 Å². The molecular formula is C22H29N3O3S. The Morgan fingerprint density at radius 2 is 1.69 bits per heavy atom. The Balaban J connectivity index is 1.68. The number of nitrogens with one attached hydrogen (secondary N) is 1. The van der Waals surface area contributed by atoms with E-state index in [2.05, 4.69) is 10.2 Å². The molecule has 1 saturated heterocycles. The summed E-state index contributed by atoms with van der Waals surface area (Å²) in [5, 5.41) is 2.87. The van der Waals surface area contributed by atoms with Gasteiger partial charge in [0.05, 0.1) is 10.6 Å². The minimum absolute atomic E-state index is 0.169. The van der Waals surface area contributed by atoms with Crippen LogP contribution in [0.25, 0.3) is 0 Å². The van der Waals surface area contributed by atoms with Crippen LogP contribution in [-0.2, 0) is 14.8 Å². The lowest BCUT2D eigenvalue weighted by atomic mass is 10.2. The summed E-state index contributed by atoms with van der Waals surface area (Å²) < 4.78 is 27.6. The average molecular weight is 416 g/mol. The van der Waals surface area contributed by atoms with E-state index in [9.17, 15) is 13.2 Å². The number of aryl methyl sites for hydroxylation is 1. The predicted octanol–water partition coefficient (Wildman–Crippen LogP) is 2.79. The van der Waals surface area contributed by atoms with Gasteiger partial charge in [-0.15, -0.1) is 0 Å². The lowest BCUT2D eigenvalue weighted by Crippen LogP contribution is -2.41. The summed E-state index contributed by atoms with van der Waals surface area (Å²) in [7, 11) is -3.84. The van der Waals surface area contributed by atoms with Gasteiger partial charge in [0.15, 0.2) is 0 Å². The molecule has 0 saturated carbocycles. The van der Waals surface area contributed by atoms with E-state index >= 15 is 0 Å². The molecule has 0 spiro atoms. The third-order valence-electron chi connectivity index (χ3n) is 5.11. The third kappa shape index (κ3) is 5.81. The summed E-state index contributed by atoms with van der Waals surface area (Å²) in [6.45, 7) is 5.46. The Morgan fingerprint density at radius 1 is 1.03 bits per heavy atom. The molecule has 29 heavy (non-hydrogen) atoms. The first-order valence-electron chi connectivity index (χ1n) is 10.1. The molecule has 156 valence electrons. The Labute approximate surface area is 173 Å². The van der Waals surface area contributed by atoms with E-state index in [0.717, 1.165) is 31.6 Å². The van der Waals surface area contributed by atoms with Crippen LogP contribution in [-0.4, -0.2) is 51.9 Å². The van der Waals surface area contributed by atoms with Gasteiger partial charge in [0, 0.05) is 6.54 Å². The Bertz CT molecular complexity index is 893. The number of rotatable bonds is 9. The average Bonchev–Trinajstić information content (AvgIpc) is 3.24. The highest BCUT2D eigenvalue weighted by Gasteiger charge is 2.27. The highest BCUT2D eigenvalue weighted by atomic mass is 32.2. The summed E-state index contributed by atoms with van der Waals surface area (Å²) in [5.41, 5.74) is 1.50. The van der Waals surface area contributed by atoms with Crippen molar-refractivity contribution < 1.29 is 13.2 Å². The SMILES string of the molecule is Cc1ccc(N(CC(=O)NCCCN2CCCC2)S(=O)(=O)c2ccccc2)cc1. The molecule has 7 heteroatoms. The standard InChI is InChI=1S/C22H29N3O3S/c1-19-10-12-20(13-11-19)25(29(27,28)21-8-3-2-4-9-21)18-22(26)23-14-7-17-24-15-5-6-16-24/h2-4,8-13H,5-7,14-18H2,1H3,(H,23,26). The summed E-state index contributed by atoms with van der Waals surface area (Å²) in [4.78, 5) is 15.1. The number of sulfonamides is 1. The van der Waals surface area contributed by atoms with Crippen LogP contribution in [0, 0.1) is 6.92 Å². The number of nitrogens with zero attached hydrogens (tertiary/aromatic N) is 2. The summed E-state index contributed by atoms with van der Waals surface area (Å²) >= 11 is 0. The highest BCUT2D eigenvalue weighted by Crippen LogP contribution is 2.23. The van der Waals surface area contributed by atoms with Gasteiger partial charge < -0.3 is 10.2 Å². The van der Waals surface area contributed by atoms with Gasteiger partial charge in [0.1, 0.15) is 6.54 Å². The Kier molecular flexibility index (Phi) is 7.28. The van der Waals surface area contributed by atoms with Gasteiger partial charge in [-0.05, 0) is 70.1 Å². The molecule has 1 N–H and O–H groups in total. The molecule has 3 rings (SSSR count). The summed E-state index contributed by atoms with van der Waals surface area (Å²) in [6, 6.07) is 15.4. The molecule has 2 aromatic rings. The van der Waals surface area contributed by atoms with Crippen LogP contribution in [0.1, 0.15) is 24.8 Å². The highest BCUT2D eigenvalue weighted by molar-refractivity contribution is 7.92. The minimum Gasteiger partial charge on any atom is -0.354 e. The summed E-state index contributed by atoms with van der Waals surface area (Å²) in [5.74, 6) is -0.300. The number of likely N-dealkylation sites (tertiary alicyclic amines) is 1. The molecule has 0 bridgehead atoms. The van der Waals surface area contributed by atoms with Gasteiger partial charge in [0.25, 0.3) is 10.0 Å². The number of hydrogen-bond acceptors (Lipinski definition) is 4. The fourth-order valence-corrected chi connectivity index (χ4v) is 4.91. The number of hydrogen-bond donors (Lipinski definition) is 1. The van der Waals surface area contributed by atoms with Gasteiger partial charge in [-0.1, -0.05) is 35.9 Å². The van der Waals surface area contributed by atoms with Gasteiger partial charge >= 0.3 is 0 Å². The molecule has 6 nitrogen and oxygen atoms in total. The maximum absolute atomic E-state index is 13.2. The summed E-state index contributed by atoms with van der Waals surface area (Å²) in [6.07, 6.45) is 3.35. The molecule has 1 amide bonds. The maximum Gasteiger partial charge on any atom is 0.264 e. The van der Waals surface area contributed by atoms with Gasteiger partial charge in [-0.25, -0.2) is 8.42 Å². The van der Waals surface area contributed by atoms with E-state index in [1.54, 1.807) is 42.5 Å². The number of carbonyl (C=O) groups excluding carboxylic acids is 1. The Morgan fingerprint density at radius 3 is 2.34 bits per heavy atom. The van der Waals surface area contributed by atoms with Crippen molar-refractivity contribution in [3.8, 4) is 0 Å². The van der Waals surface area contributed by atoms with Crippen molar-refractivity contribution in [2.45, 2.75) is 31.1 Å². The topological polar surface area (TPSA) is 69.7 Å². The van der Waals surface area contributed by atoms with Crippen LogP contribution in [0.2, 0.25) is 0 Å². The second-order valence-electron chi connectivity index (χ2n) is 7.41. The fourth-order valence-electron chi connectivity index (χ4n) is 3.47. The maximum atomic E-state index is 13.2. The molecular weight excluding hydrogens is 386 g/mol. The van der Waals surface area contributed by atoms with Crippen LogP contribution in [0.3, 0.4) is 0 Å². The van der Waals surface area contributed by atoms with Crippen LogP contribution in [0.5, 0.6) is 0 Å². The molecule has 2 aromatic carbocycles. The second kappa shape index (κ2) is 9.89. The van der Waals surface area contributed by atoms with Crippen molar-refractivity contribution in [3.63, 3.8) is 0 Å². The van der Waals surface area contributed by atoms with Crippen molar-refractivity contribution >= 4 is 21.6 Å². The largest absolute Gasteiger partial charge is 0.354 e. The molecule has 0 radical (unpaired) electrons. The second-order valence-corrected chi connectivity index (χ2v) is 9.27. The quantitative estimate of drug-likeness (QED) is 0.640. The zero-order valence-electron chi connectivity index (χ0n) is 16.9. The number of anilines is 1. The van der Waals surface area contributed by atoms with Crippen LogP contribution >= 0.6 is 0 Å². The first-order valence-corrected chi connectivity index (χ1v) is 11.5. The molecule has 0 atom stereocenters. The predicted molar refractivity (Wildman–Crippen MR) is 115 cm³/mol. The van der Waals surface area contributed by atoms with E-state index in [4.69, 9.17) is 0 Å². The smallest absolute Gasteiger partial charge is 0.264 e. The normalized spacial score (nSPS) is 14.7.